The fourth-order valence-electron chi connectivity index (χ4n) is 1.99. The first-order valence-electron chi connectivity index (χ1n) is 8.31. The van der Waals surface area contributed by atoms with Crippen molar-refractivity contribution in [3.63, 3.8) is 0 Å². The molecule has 4 amide bonds. The molecule has 0 aromatic rings. The third-order valence-electron chi connectivity index (χ3n) is 2.91. The second kappa shape index (κ2) is 15.5. The largest absolute Gasteiger partial charge is 1.00 e. The van der Waals surface area contributed by atoms with E-state index < -0.39 is 29.7 Å². The molecule has 7 heteroatoms. The fourth-order valence-corrected chi connectivity index (χ4v) is 1.99. The number of imide groups is 2. The summed E-state index contributed by atoms with van der Waals surface area (Å²) in [6.45, 7) is 20.9. The fraction of sp³-hybridized carbons (Fsp3) is 0.500. The molecule has 0 aromatic heterocycles. The van der Waals surface area contributed by atoms with Crippen molar-refractivity contribution in [1.82, 2.24) is 10.2 Å². The first-order valence-corrected chi connectivity index (χ1v) is 8.31. The van der Waals surface area contributed by atoms with Crippen molar-refractivity contribution in [2.45, 2.75) is 60.4 Å². The summed E-state index contributed by atoms with van der Waals surface area (Å²) in [7, 11) is 0. The number of amides is 4. The molecule has 2 aliphatic heterocycles. The van der Waals surface area contributed by atoms with E-state index >= 15 is 0 Å². The molecule has 0 aliphatic carbocycles. The molecule has 0 radical (unpaired) electrons. The van der Waals surface area contributed by atoms with Crippen molar-refractivity contribution in [2.75, 3.05) is 0 Å². The zero-order valence-electron chi connectivity index (χ0n) is 16.4. The topological polar surface area (TPSA) is 83.6 Å². The van der Waals surface area contributed by atoms with Crippen molar-refractivity contribution < 1.29 is 70.6 Å². The summed E-state index contributed by atoms with van der Waals surface area (Å²) in [4.78, 5) is 47.2. The Morgan fingerprint density at radius 2 is 1.52 bits per heavy atom. The zero-order chi connectivity index (χ0) is 19.4. The summed E-state index contributed by atoms with van der Waals surface area (Å²) in [6.07, 6.45) is 1.37. The average molecular weight is 376 g/mol. The number of rotatable bonds is 1. The Morgan fingerprint density at radius 1 is 1.04 bits per heavy atom. The van der Waals surface area contributed by atoms with Crippen LogP contribution >= 0.6 is 0 Å². The van der Waals surface area contributed by atoms with E-state index in [1.807, 2.05) is 41.5 Å². The zero-order valence-corrected chi connectivity index (χ0v) is 19.6. The number of piperidine rings is 1. The number of hydrogen-bond donors (Lipinski definition) is 1. The van der Waals surface area contributed by atoms with Crippen molar-refractivity contribution in [1.29, 1.82) is 0 Å². The monoisotopic (exact) mass is 375 g/mol. The van der Waals surface area contributed by atoms with Gasteiger partial charge in [0.15, 0.2) is 5.91 Å². The maximum absolute atomic E-state index is 11.9. The quantitative estimate of drug-likeness (QED) is 0.286. The van der Waals surface area contributed by atoms with Crippen LogP contribution in [-0.2, 0) is 19.2 Å². The van der Waals surface area contributed by atoms with Crippen LogP contribution in [0.5, 0.6) is 0 Å². The SMILES string of the molecule is CC.CC.CC.[CH-]=C1C(=O)N(C2CCC(=O)NC2=O)C(=O)/C1=C/[CH2-].[K+]. The third kappa shape index (κ3) is 7.19. The van der Waals surface area contributed by atoms with Crippen LogP contribution in [0.3, 0.4) is 0 Å². The smallest absolute Gasteiger partial charge is 0.347 e. The summed E-state index contributed by atoms with van der Waals surface area (Å²) in [5.74, 6) is -2.45. The number of nitrogens with one attached hydrogen (secondary N) is 1. The van der Waals surface area contributed by atoms with E-state index in [0.717, 1.165) is 4.90 Å². The van der Waals surface area contributed by atoms with Crippen molar-refractivity contribution in [2.24, 2.45) is 0 Å². The minimum atomic E-state index is -0.987. The molecule has 0 spiro atoms. The van der Waals surface area contributed by atoms with Crippen LogP contribution in [0.4, 0.5) is 0 Å². The molecule has 0 aromatic carbocycles. The Hall–Kier alpha value is -0.734. The summed E-state index contributed by atoms with van der Waals surface area (Å²) in [6, 6.07) is -0.987. The molecule has 1 atom stereocenters. The van der Waals surface area contributed by atoms with E-state index in [4.69, 9.17) is 6.58 Å². The Kier molecular flexibility index (Phi) is 18.0. The number of nitrogens with zero attached hydrogens (tertiary/aromatic N) is 1. The molecule has 0 bridgehead atoms. The first-order chi connectivity index (χ1) is 11.5. The summed E-state index contributed by atoms with van der Waals surface area (Å²) in [5, 5.41) is 2.09. The summed E-state index contributed by atoms with van der Waals surface area (Å²) >= 11 is 0. The van der Waals surface area contributed by atoms with E-state index in [1.165, 1.54) is 6.08 Å². The number of hydrogen-bond acceptors (Lipinski definition) is 4. The van der Waals surface area contributed by atoms with Crippen LogP contribution in [0, 0.1) is 13.5 Å². The second-order valence-electron chi connectivity index (χ2n) is 3.98. The normalized spacial score (nSPS) is 20.2. The van der Waals surface area contributed by atoms with Gasteiger partial charge in [-0.1, -0.05) is 41.5 Å². The molecule has 6 nitrogen and oxygen atoms in total. The van der Waals surface area contributed by atoms with E-state index in [2.05, 4.69) is 12.2 Å². The standard InChI is InChI=1S/C12H10N2O4.3C2H6.K/c1-3-7-6(2)11(17)14(12(7)18)8-4-5-9(15)13-10(8)16;3*1-2;/h2-3,8H,1,4-5H2,(H,13,15,16);3*1-2H3;/q-2;;;;+1/b7-3+;;;;. The van der Waals surface area contributed by atoms with Gasteiger partial charge in [0.05, 0.1) is 0 Å². The maximum atomic E-state index is 11.9. The van der Waals surface area contributed by atoms with Gasteiger partial charge < -0.3 is 9.69 Å². The minimum absolute atomic E-state index is 0. The number of carbonyl (C=O) groups excluding carboxylic acids is 4. The average Bonchev–Trinajstić information content (AvgIpc) is 2.83. The molecule has 0 saturated carbocycles. The van der Waals surface area contributed by atoms with Gasteiger partial charge in [0.2, 0.25) is 11.8 Å². The van der Waals surface area contributed by atoms with Gasteiger partial charge in [-0.25, -0.2) is 19.6 Å². The number of likely N-dealkylation sites (tertiary alicyclic amines) is 1. The second-order valence-corrected chi connectivity index (χ2v) is 3.98. The van der Waals surface area contributed by atoms with Gasteiger partial charge in [0.1, 0.15) is 11.9 Å². The van der Waals surface area contributed by atoms with Crippen LogP contribution < -0.4 is 56.7 Å². The van der Waals surface area contributed by atoms with E-state index in [0.29, 0.717) is 0 Å². The summed E-state index contributed by atoms with van der Waals surface area (Å²) < 4.78 is 0. The maximum Gasteiger partial charge on any atom is 1.00 e. The van der Waals surface area contributed by atoms with Crippen molar-refractivity contribution >= 4 is 23.6 Å². The molecule has 1 unspecified atom stereocenters. The van der Waals surface area contributed by atoms with Gasteiger partial charge in [0.25, 0.3) is 0 Å². The predicted octanol–water partition coefficient (Wildman–Crippen LogP) is -0.637. The van der Waals surface area contributed by atoms with Gasteiger partial charge in [-0.2, -0.15) is 5.57 Å². The molecular weight excluding hydrogens is 347 g/mol. The van der Waals surface area contributed by atoms with Gasteiger partial charge in [-0.15, -0.1) is 5.57 Å². The molecule has 25 heavy (non-hydrogen) atoms. The van der Waals surface area contributed by atoms with Crippen molar-refractivity contribution in [3.8, 4) is 0 Å². The Bertz CT molecular complexity index is 527. The molecule has 2 saturated heterocycles. The third-order valence-corrected chi connectivity index (χ3v) is 2.91. The van der Waals surface area contributed by atoms with Gasteiger partial charge in [-0.05, 0) is 6.42 Å². The Labute approximate surface area is 193 Å². The number of carbonyl (C=O) groups is 4. The Balaban J connectivity index is -0.000000626. The first kappa shape index (κ1) is 29.0. The van der Waals surface area contributed by atoms with Crippen LogP contribution in [0.15, 0.2) is 17.2 Å². The van der Waals surface area contributed by atoms with E-state index in [9.17, 15) is 19.2 Å². The van der Waals surface area contributed by atoms with E-state index in [1.54, 1.807) is 0 Å². The summed E-state index contributed by atoms with van der Waals surface area (Å²) in [5.41, 5.74) is -0.232. The molecule has 2 rings (SSSR count). The van der Waals surface area contributed by atoms with Crippen LogP contribution in [0.2, 0.25) is 0 Å². The molecular formula is C18H28KN2O4-. The predicted molar refractivity (Wildman–Crippen MR) is 93.3 cm³/mol. The van der Waals surface area contributed by atoms with Crippen LogP contribution in [0.1, 0.15) is 54.4 Å². The number of allylic oxidation sites excluding steroid dienone is 1. The minimum Gasteiger partial charge on any atom is -0.347 e. The molecule has 2 aliphatic rings. The van der Waals surface area contributed by atoms with Gasteiger partial charge >= 0.3 is 51.4 Å². The van der Waals surface area contributed by atoms with E-state index in [-0.39, 0.29) is 75.4 Å². The Morgan fingerprint density at radius 3 is 1.88 bits per heavy atom. The molecule has 2 heterocycles. The molecule has 1 N–H and O–H groups in total. The van der Waals surface area contributed by atoms with Crippen LogP contribution in [0.25, 0.3) is 0 Å². The van der Waals surface area contributed by atoms with Gasteiger partial charge in [0, 0.05) is 6.42 Å². The van der Waals surface area contributed by atoms with Crippen molar-refractivity contribution in [3.05, 3.63) is 30.7 Å². The van der Waals surface area contributed by atoms with Crippen LogP contribution in [-0.4, -0.2) is 34.6 Å². The molecule has 2 fully saturated rings. The molecule has 136 valence electrons. The van der Waals surface area contributed by atoms with Gasteiger partial charge in [-0.3, -0.25) is 19.7 Å².